The summed E-state index contributed by atoms with van der Waals surface area (Å²) in [6.07, 6.45) is -8.96. The van der Waals surface area contributed by atoms with Crippen molar-refractivity contribution < 1.29 is 36.4 Å². The minimum absolute atomic E-state index is 0.231. The fraction of sp³-hybridized carbons (Fsp3) is 0.250. The van der Waals surface area contributed by atoms with Crippen molar-refractivity contribution in [3.63, 3.8) is 0 Å². The molecule has 0 fully saturated rings. The minimum Gasteiger partial charge on any atom is -0.381 e. The van der Waals surface area contributed by atoms with Gasteiger partial charge < -0.3 is 10.5 Å². The van der Waals surface area contributed by atoms with E-state index in [1.54, 1.807) is 0 Å². The van der Waals surface area contributed by atoms with Crippen LogP contribution >= 0.6 is 0 Å². The molecule has 0 bridgehead atoms. The maximum absolute atomic E-state index is 12.6. The van der Waals surface area contributed by atoms with E-state index in [1.807, 2.05) is 0 Å². The van der Waals surface area contributed by atoms with Crippen LogP contribution in [-0.4, -0.2) is 22.2 Å². The van der Waals surface area contributed by atoms with Crippen molar-refractivity contribution in [3.8, 4) is 5.88 Å². The van der Waals surface area contributed by atoms with E-state index < -0.39 is 46.4 Å². The van der Waals surface area contributed by atoms with E-state index in [1.165, 1.54) is 0 Å². The van der Waals surface area contributed by atoms with Crippen LogP contribution in [0.5, 0.6) is 5.88 Å². The number of halogens is 5. The highest BCUT2D eigenvalue weighted by Gasteiger charge is 2.39. The lowest BCUT2D eigenvalue weighted by atomic mass is 10.2. The quantitative estimate of drug-likeness (QED) is 0.519. The molecule has 0 aromatic carbocycles. The first-order valence-electron chi connectivity index (χ1n) is 4.56. The molecule has 0 atom stereocenters. The molecule has 12 heteroatoms. The zero-order chi connectivity index (χ0) is 15.7. The molecule has 0 saturated carbocycles. The van der Waals surface area contributed by atoms with E-state index in [0.717, 1.165) is 0 Å². The summed E-state index contributed by atoms with van der Waals surface area (Å²) >= 11 is 0. The van der Waals surface area contributed by atoms with Crippen molar-refractivity contribution in [1.29, 1.82) is 0 Å². The Morgan fingerprint density at radius 1 is 1.45 bits per heavy atom. The molecular formula is C8H4F5N3O4. The van der Waals surface area contributed by atoms with Gasteiger partial charge >= 0.3 is 17.9 Å². The number of hydrogen-bond donors (Lipinski definition) is 1. The number of carbonyl (C=O) groups is 1. The average Bonchev–Trinajstić information content (AvgIpc) is 2.24. The van der Waals surface area contributed by atoms with Crippen molar-refractivity contribution in [2.24, 2.45) is 5.73 Å². The number of primary amides is 1. The van der Waals surface area contributed by atoms with Gasteiger partial charge in [-0.05, 0) is 6.07 Å². The molecule has 0 unspecified atom stereocenters. The topological polar surface area (TPSA) is 108 Å². The Bertz CT molecular complexity index is 560. The zero-order valence-corrected chi connectivity index (χ0v) is 9.15. The maximum Gasteiger partial charge on any atom is 0.574 e. The Kier molecular flexibility index (Phi) is 4.06. The standard InChI is InChI=1S/C8H4F5N3O4/c9-5(10)2-1-3(6(14)17)15-7(4(2)16(18)19)20-8(11,12)13/h1,5H,(H2,14,17). The van der Waals surface area contributed by atoms with E-state index in [-0.39, 0.29) is 6.07 Å². The second-order valence-electron chi connectivity index (χ2n) is 3.22. The van der Waals surface area contributed by atoms with Gasteiger partial charge in [-0.1, -0.05) is 0 Å². The third-order valence-corrected chi connectivity index (χ3v) is 1.87. The van der Waals surface area contributed by atoms with E-state index in [0.29, 0.717) is 0 Å². The van der Waals surface area contributed by atoms with Crippen LogP contribution in [0.15, 0.2) is 6.07 Å². The largest absolute Gasteiger partial charge is 0.574 e. The molecule has 0 saturated heterocycles. The van der Waals surface area contributed by atoms with E-state index >= 15 is 0 Å². The number of carbonyl (C=O) groups excluding carboxylic acids is 1. The number of ether oxygens (including phenoxy) is 1. The Balaban J connectivity index is 3.59. The molecule has 0 radical (unpaired) electrons. The molecule has 2 N–H and O–H groups in total. The molecule has 110 valence electrons. The number of nitrogens with zero attached hydrogens (tertiary/aromatic N) is 2. The molecule has 20 heavy (non-hydrogen) atoms. The Morgan fingerprint density at radius 2 is 2.00 bits per heavy atom. The van der Waals surface area contributed by atoms with Gasteiger partial charge in [-0.2, -0.15) is 0 Å². The Hall–Kier alpha value is -2.53. The van der Waals surface area contributed by atoms with Crippen molar-refractivity contribution >= 4 is 11.6 Å². The molecule has 0 aliphatic rings. The van der Waals surface area contributed by atoms with Crippen molar-refractivity contribution in [1.82, 2.24) is 4.98 Å². The third-order valence-electron chi connectivity index (χ3n) is 1.87. The summed E-state index contributed by atoms with van der Waals surface area (Å²) in [5, 5.41) is 10.6. The number of rotatable bonds is 4. The summed E-state index contributed by atoms with van der Waals surface area (Å²) in [7, 11) is 0. The molecule has 0 aliphatic heterocycles. The van der Waals surface area contributed by atoms with Gasteiger partial charge in [0.15, 0.2) is 0 Å². The molecule has 1 amide bonds. The number of alkyl halides is 5. The number of nitrogens with two attached hydrogens (primary N) is 1. The first-order valence-corrected chi connectivity index (χ1v) is 4.56. The van der Waals surface area contributed by atoms with Crippen molar-refractivity contribution in [2.45, 2.75) is 12.8 Å². The lowest BCUT2D eigenvalue weighted by molar-refractivity contribution is -0.390. The van der Waals surface area contributed by atoms with E-state index in [9.17, 15) is 36.9 Å². The van der Waals surface area contributed by atoms with Crippen LogP contribution in [0.25, 0.3) is 0 Å². The van der Waals surface area contributed by atoms with Crippen LogP contribution < -0.4 is 10.5 Å². The number of amides is 1. The van der Waals surface area contributed by atoms with Gasteiger partial charge in [0.05, 0.1) is 4.92 Å². The number of hydrogen-bond acceptors (Lipinski definition) is 5. The van der Waals surface area contributed by atoms with E-state index in [2.05, 4.69) is 15.5 Å². The highest BCUT2D eigenvalue weighted by molar-refractivity contribution is 5.91. The van der Waals surface area contributed by atoms with Crippen molar-refractivity contribution in [3.05, 3.63) is 27.4 Å². The lowest BCUT2D eigenvalue weighted by Crippen LogP contribution is -2.21. The third kappa shape index (κ3) is 3.49. The highest BCUT2D eigenvalue weighted by atomic mass is 19.4. The van der Waals surface area contributed by atoms with Gasteiger partial charge in [0, 0.05) is 0 Å². The Morgan fingerprint density at radius 3 is 2.35 bits per heavy atom. The summed E-state index contributed by atoms with van der Waals surface area (Å²) < 4.78 is 64.6. The van der Waals surface area contributed by atoms with Gasteiger partial charge in [-0.3, -0.25) is 14.9 Å². The normalized spacial score (nSPS) is 11.5. The zero-order valence-electron chi connectivity index (χ0n) is 9.15. The summed E-state index contributed by atoms with van der Waals surface area (Å²) in [6.45, 7) is 0. The molecular weight excluding hydrogens is 297 g/mol. The Labute approximate surface area is 106 Å². The van der Waals surface area contributed by atoms with Crippen LogP contribution in [0.1, 0.15) is 22.5 Å². The molecule has 0 spiro atoms. The number of aromatic nitrogens is 1. The van der Waals surface area contributed by atoms with Crippen LogP contribution in [-0.2, 0) is 0 Å². The first-order chi connectivity index (χ1) is 9.03. The second-order valence-corrected chi connectivity index (χ2v) is 3.22. The average molecular weight is 301 g/mol. The molecule has 7 nitrogen and oxygen atoms in total. The predicted molar refractivity (Wildman–Crippen MR) is 51.0 cm³/mol. The molecule has 1 rings (SSSR count). The van der Waals surface area contributed by atoms with Gasteiger partial charge in [-0.25, -0.2) is 13.8 Å². The van der Waals surface area contributed by atoms with Crippen LogP contribution in [0, 0.1) is 10.1 Å². The molecule has 1 aromatic heterocycles. The molecule has 1 aromatic rings. The van der Waals surface area contributed by atoms with Gasteiger partial charge in [0.2, 0.25) is 0 Å². The van der Waals surface area contributed by atoms with E-state index in [4.69, 9.17) is 0 Å². The highest BCUT2D eigenvalue weighted by Crippen LogP contribution is 2.38. The summed E-state index contributed by atoms with van der Waals surface area (Å²) in [6, 6.07) is 0.231. The molecule has 0 aliphatic carbocycles. The van der Waals surface area contributed by atoms with Gasteiger partial charge in [0.1, 0.15) is 11.3 Å². The monoisotopic (exact) mass is 301 g/mol. The van der Waals surface area contributed by atoms with Gasteiger partial charge in [0.25, 0.3) is 12.3 Å². The fourth-order valence-corrected chi connectivity index (χ4v) is 1.19. The van der Waals surface area contributed by atoms with Crippen LogP contribution in [0.2, 0.25) is 0 Å². The molecule has 1 heterocycles. The van der Waals surface area contributed by atoms with Crippen LogP contribution in [0.3, 0.4) is 0 Å². The summed E-state index contributed by atoms with van der Waals surface area (Å²) in [5.74, 6) is -3.23. The minimum atomic E-state index is -5.42. The lowest BCUT2D eigenvalue weighted by Gasteiger charge is -2.11. The summed E-state index contributed by atoms with van der Waals surface area (Å²) in [4.78, 5) is 22.7. The second kappa shape index (κ2) is 5.22. The SMILES string of the molecule is NC(=O)c1cc(C(F)F)c([N+](=O)[O-])c(OC(F)(F)F)n1. The van der Waals surface area contributed by atoms with Crippen molar-refractivity contribution in [2.75, 3.05) is 0 Å². The predicted octanol–water partition coefficient (Wildman–Crippen LogP) is 1.92. The maximum atomic E-state index is 12.6. The van der Waals surface area contributed by atoms with Gasteiger partial charge in [-0.15, -0.1) is 13.2 Å². The fourth-order valence-electron chi connectivity index (χ4n) is 1.19. The smallest absolute Gasteiger partial charge is 0.381 e. The number of pyridine rings is 1. The number of nitro groups is 1. The first kappa shape index (κ1) is 15.5. The summed E-state index contributed by atoms with van der Waals surface area (Å²) in [5.41, 5.74) is 0.513. The van der Waals surface area contributed by atoms with Crippen LogP contribution in [0.4, 0.5) is 27.6 Å².